The molecule has 136 valence electrons. The Bertz CT molecular complexity index is 837. The van der Waals surface area contributed by atoms with E-state index in [-0.39, 0.29) is 24.1 Å². The molecule has 0 aliphatic heterocycles. The summed E-state index contributed by atoms with van der Waals surface area (Å²) in [5.74, 6) is -0.694. The Kier molecular flexibility index (Phi) is 6.16. The van der Waals surface area contributed by atoms with Gasteiger partial charge in [0.2, 0.25) is 11.8 Å². The van der Waals surface area contributed by atoms with Crippen LogP contribution in [-0.2, 0) is 9.59 Å². The van der Waals surface area contributed by atoms with Crippen molar-refractivity contribution in [2.24, 2.45) is 0 Å². The first-order valence-electron chi connectivity index (χ1n) is 8.14. The number of amides is 2. The summed E-state index contributed by atoms with van der Waals surface area (Å²) in [6.45, 7) is 6.48. The lowest BCUT2D eigenvalue weighted by Gasteiger charge is -2.21. The highest BCUT2D eigenvalue weighted by Crippen LogP contribution is 2.27. The van der Waals surface area contributed by atoms with Gasteiger partial charge < -0.3 is 10.2 Å². The van der Waals surface area contributed by atoms with E-state index in [1.807, 2.05) is 19.9 Å². The molecule has 0 saturated heterocycles. The number of hydrogen-bond acceptors (Lipinski definition) is 3. The van der Waals surface area contributed by atoms with Gasteiger partial charge in [-0.05, 0) is 62.2 Å². The molecule has 0 saturated carbocycles. The zero-order valence-corrected chi connectivity index (χ0v) is 16.0. The fourth-order valence-electron chi connectivity index (χ4n) is 2.66. The second-order valence-corrected chi connectivity index (χ2v) is 6.60. The van der Waals surface area contributed by atoms with Crippen LogP contribution in [0.15, 0.2) is 36.4 Å². The van der Waals surface area contributed by atoms with Gasteiger partial charge in [-0.3, -0.25) is 14.4 Å². The summed E-state index contributed by atoms with van der Waals surface area (Å²) in [5.41, 5.74) is 3.48. The molecule has 0 aliphatic rings. The minimum absolute atomic E-state index is 0.0619. The number of anilines is 2. The molecule has 1 N–H and O–H groups in total. The van der Waals surface area contributed by atoms with E-state index < -0.39 is 0 Å². The summed E-state index contributed by atoms with van der Waals surface area (Å²) in [7, 11) is 0. The molecule has 2 rings (SSSR count). The van der Waals surface area contributed by atoms with Gasteiger partial charge in [-0.15, -0.1) is 0 Å². The number of nitrogens with zero attached hydrogens (tertiary/aromatic N) is 1. The Balaban J connectivity index is 2.19. The third kappa shape index (κ3) is 4.70. The van der Waals surface area contributed by atoms with E-state index in [2.05, 4.69) is 5.32 Å². The average Bonchev–Trinajstić information content (AvgIpc) is 2.55. The predicted octanol–water partition coefficient (Wildman–Crippen LogP) is 4.15. The Labute approximate surface area is 158 Å². The van der Waals surface area contributed by atoms with Crippen molar-refractivity contribution >= 4 is 40.6 Å². The minimum Gasteiger partial charge on any atom is -0.323 e. The highest BCUT2D eigenvalue weighted by molar-refractivity contribution is 6.34. The third-order valence-corrected chi connectivity index (χ3v) is 4.26. The molecule has 0 aromatic heterocycles. The molecular formula is C20H21ClN2O3. The molecule has 5 nitrogen and oxygen atoms in total. The van der Waals surface area contributed by atoms with Crippen LogP contribution in [0.25, 0.3) is 0 Å². The smallest absolute Gasteiger partial charge is 0.244 e. The molecule has 2 aromatic rings. The van der Waals surface area contributed by atoms with Crippen molar-refractivity contribution in [3.05, 3.63) is 58.1 Å². The van der Waals surface area contributed by atoms with E-state index in [9.17, 15) is 14.4 Å². The van der Waals surface area contributed by atoms with E-state index in [1.54, 1.807) is 30.3 Å². The fourth-order valence-corrected chi connectivity index (χ4v) is 3.03. The van der Waals surface area contributed by atoms with Crippen LogP contribution in [0.1, 0.15) is 35.3 Å². The molecule has 0 atom stereocenters. The predicted molar refractivity (Wildman–Crippen MR) is 104 cm³/mol. The van der Waals surface area contributed by atoms with Crippen molar-refractivity contribution in [1.82, 2.24) is 0 Å². The fraction of sp³-hybridized carbons (Fsp3) is 0.250. The molecule has 26 heavy (non-hydrogen) atoms. The van der Waals surface area contributed by atoms with Crippen molar-refractivity contribution in [3.63, 3.8) is 0 Å². The van der Waals surface area contributed by atoms with Gasteiger partial charge in [0.1, 0.15) is 6.54 Å². The normalized spacial score (nSPS) is 10.3. The zero-order valence-electron chi connectivity index (χ0n) is 15.2. The number of hydrogen-bond donors (Lipinski definition) is 1. The molecule has 0 bridgehead atoms. The molecule has 0 fully saturated rings. The van der Waals surface area contributed by atoms with Crippen LogP contribution in [0.3, 0.4) is 0 Å². The number of aryl methyl sites for hydroxylation is 2. The topological polar surface area (TPSA) is 66.5 Å². The van der Waals surface area contributed by atoms with Gasteiger partial charge in [0.05, 0.1) is 10.7 Å². The van der Waals surface area contributed by atoms with E-state index >= 15 is 0 Å². The van der Waals surface area contributed by atoms with Crippen LogP contribution in [0, 0.1) is 13.8 Å². The Hall–Kier alpha value is -2.66. The number of carbonyl (C=O) groups excluding carboxylic acids is 3. The molecule has 6 heteroatoms. The summed E-state index contributed by atoms with van der Waals surface area (Å²) in [6, 6.07) is 10.3. The molecule has 0 heterocycles. The van der Waals surface area contributed by atoms with Gasteiger partial charge in [0.15, 0.2) is 5.78 Å². The number of nitrogens with one attached hydrogen (secondary N) is 1. The zero-order chi connectivity index (χ0) is 19.4. The highest BCUT2D eigenvalue weighted by atomic mass is 35.5. The number of halogens is 1. The van der Waals surface area contributed by atoms with Crippen LogP contribution in [0.2, 0.25) is 5.02 Å². The summed E-state index contributed by atoms with van der Waals surface area (Å²) >= 11 is 6.21. The van der Waals surface area contributed by atoms with Crippen LogP contribution in [0.5, 0.6) is 0 Å². The average molecular weight is 373 g/mol. The van der Waals surface area contributed by atoms with Crippen LogP contribution in [-0.4, -0.2) is 24.1 Å². The first-order valence-corrected chi connectivity index (χ1v) is 8.52. The van der Waals surface area contributed by atoms with Crippen LogP contribution >= 0.6 is 11.6 Å². The lowest BCUT2D eigenvalue weighted by molar-refractivity contribution is -0.120. The molecule has 0 radical (unpaired) electrons. The number of Topliss-reactive ketones (excluding diaryl/α,β-unsaturated/α-hetero) is 1. The molecule has 0 unspecified atom stereocenters. The van der Waals surface area contributed by atoms with E-state index in [0.717, 1.165) is 11.1 Å². The molecular weight excluding hydrogens is 352 g/mol. The maximum absolute atomic E-state index is 12.4. The van der Waals surface area contributed by atoms with E-state index in [4.69, 9.17) is 11.6 Å². The summed E-state index contributed by atoms with van der Waals surface area (Å²) < 4.78 is 0. The Morgan fingerprint density at radius 3 is 2.15 bits per heavy atom. The molecule has 0 aliphatic carbocycles. The van der Waals surface area contributed by atoms with Crippen LogP contribution < -0.4 is 10.2 Å². The maximum Gasteiger partial charge on any atom is 0.244 e. The standard InChI is InChI=1S/C20H21ClN2O3/c1-12-9-13(2)20(18(21)10-12)22-19(26)11-23(15(4)25)17-7-5-16(6-8-17)14(3)24/h5-10H,11H2,1-4H3,(H,22,26). The largest absolute Gasteiger partial charge is 0.323 e. The second-order valence-electron chi connectivity index (χ2n) is 6.20. The Morgan fingerprint density at radius 2 is 1.65 bits per heavy atom. The lowest BCUT2D eigenvalue weighted by Crippen LogP contribution is -2.36. The third-order valence-electron chi connectivity index (χ3n) is 3.96. The number of benzene rings is 2. The summed E-state index contributed by atoms with van der Waals surface area (Å²) in [4.78, 5) is 37.1. The number of ketones is 1. The first-order chi connectivity index (χ1) is 12.2. The van der Waals surface area contributed by atoms with E-state index in [1.165, 1.54) is 18.7 Å². The lowest BCUT2D eigenvalue weighted by atomic mass is 10.1. The van der Waals surface area contributed by atoms with Gasteiger partial charge in [-0.1, -0.05) is 17.7 Å². The molecule has 0 spiro atoms. The van der Waals surface area contributed by atoms with Crippen molar-refractivity contribution in [1.29, 1.82) is 0 Å². The van der Waals surface area contributed by atoms with Crippen molar-refractivity contribution in [3.8, 4) is 0 Å². The van der Waals surface area contributed by atoms with Crippen molar-refractivity contribution in [2.75, 3.05) is 16.8 Å². The van der Waals surface area contributed by atoms with Crippen molar-refractivity contribution < 1.29 is 14.4 Å². The SMILES string of the molecule is CC(=O)c1ccc(N(CC(=O)Nc2c(C)cc(C)cc2Cl)C(C)=O)cc1. The van der Waals surface area contributed by atoms with Gasteiger partial charge >= 0.3 is 0 Å². The number of rotatable bonds is 5. The van der Waals surface area contributed by atoms with Crippen LogP contribution in [0.4, 0.5) is 11.4 Å². The van der Waals surface area contributed by atoms with Gasteiger partial charge in [0, 0.05) is 18.2 Å². The molecule has 2 amide bonds. The highest BCUT2D eigenvalue weighted by Gasteiger charge is 2.17. The maximum atomic E-state index is 12.4. The van der Waals surface area contributed by atoms with E-state index in [0.29, 0.717) is 22.0 Å². The summed E-state index contributed by atoms with van der Waals surface area (Å²) in [6.07, 6.45) is 0. The van der Waals surface area contributed by atoms with Gasteiger partial charge in [-0.2, -0.15) is 0 Å². The first kappa shape index (κ1) is 19.7. The quantitative estimate of drug-likeness (QED) is 0.801. The number of carbonyl (C=O) groups is 3. The Morgan fingerprint density at radius 1 is 1.04 bits per heavy atom. The molecule has 2 aromatic carbocycles. The summed E-state index contributed by atoms with van der Waals surface area (Å²) in [5, 5.41) is 3.23. The van der Waals surface area contributed by atoms with Gasteiger partial charge in [0.25, 0.3) is 0 Å². The van der Waals surface area contributed by atoms with Gasteiger partial charge in [-0.25, -0.2) is 0 Å². The monoisotopic (exact) mass is 372 g/mol. The van der Waals surface area contributed by atoms with Crippen molar-refractivity contribution in [2.45, 2.75) is 27.7 Å². The second kappa shape index (κ2) is 8.15. The minimum atomic E-state index is -0.357.